The average Bonchev–Trinajstić information content (AvgIpc) is 3.17. The van der Waals surface area contributed by atoms with Crippen molar-refractivity contribution in [1.82, 2.24) is 14.8 Å². The summed E-state index contributed by atoms with van der Waals surface area (Å²) in [5.74, 6) is 1.18. The SMILES string of the molecule is Cc1ccc(-n2c(SCc3cccc(C(N)=O)c3)nnc2N2CCCCC2)cc1. The van der Waals surface area contributed by atoms with E-state index in [-0.39, 0.29) is 0 Å². The number of rotatable bonds is 6. The van der Waals surface area contributed by atoms with E-state index in [1.165, 1.54) is 24.8 Å². The molecule has 0 saturated carbocycles. The van der Waals surface area contributed by atoms with Crippen molar-refractivity contribution in [3.63, 3.8) is 0 Å². The molecule has 7 heteroatoms. The van der Waals surface area contributed by atoms with E-state index in [9.17, 15) is 4.79 Å². The topological polar surface area (TPSA) is 77.0 Å². The van der Waals surface area contributed by atoms with Crippen molar-refractivity contribution in [2.75, 3.05) is 18.0 Å². The van der Waals surface area contributed by atoms with Crippen LogP contribution in [0.2, 0.25) is 0 Å². The van der Waals surface area contributed by atoms with Gasteiger partial charge in [0.1, 0.15) is 0 Å². The highest BCUT2D eigenvalue weighted by atomic mass is 32.2. The molecule has 1 fully saturated rings. The number of aryl methyl sites for hydroxylation is 1. The standard InChI is InChI=1S/C22H25N5OS/c1-16-8-10-19(11-9-16)27-21(26-12-3-2-4-13-26)24-25-22(27)29-15-17-6-5-7-18(14-17)20(23)28/h5-11,14H,2-4,12-13,15H2,1H3,(H2,23,28). The molecule has 0 bridgehead atoms. The number of primary amides is 1. The second-order valence-electron chi connectivity index (χ2n) is 7.35. The molecule has 150 valence electrons. The van der Waals surface area contributed by atoms with Gasteiger partial charge in [0.25, 0.3) is 0 Å². The predicted octanol–water partition coefficient (Wildman–Crippen LogP) is 3.96. The van der Waals surface area contributed by atoms with E-state index in [1.807, 2.05) is 18.2 Å². The van der Waals surface area contributed by atoms with Crippen LogP contribution >= 0.6 is 11.8 Å². The van der Waals surface area contributed by atoms with E-state index in [1.54, 1.807) is 17.8 Å². The fraction of sp³-hybridized carbons (Fsp3) is 0.318. The van der Waals surface area contributed by atoms with Crippen LogP contribution in [0.5, 0.6) is 0 Å². The lowest BCUT2D eigenvalue weighted by Crippen LogP contribution is -2.31. The Morgan fingerprint density at radius 3 is 2.55 bits per heavy atom. The molecule has 1 saturated heterocycles. The Hall–Kier alpha value is -2.80. The number of anilines is 1. The minimum atomic E-state index is -0.410. The highest BCUT2D eigenvalue weighted by Crippen LogP contribution is 2.30. The Labute approximate surface area is 175 Å². The normalized spacial score (nSPS) is 14.2. The molecule has 3 aromatic rings. The lowest BCUT2D eigenvalue weighted by Gasteiger charge is -2.27. The highest BCUT2D eigenvalue weighted by Gasteiger charge is 2.21. The molecule has 1 aromatic heterocycles. The quantitative estimate of drug-likeness (QED) is 0.626. The summed E-state index contributed by atoms with van der Waals surface area (Å²) in [5.41, 5.74) is 9.25. The first-order valence-corrected chi connectivity index (χ1v) is 10.9. The monoisotopic (exact) mass is 407 g/mol. The summed E-state index contributed by atoms with van der Waals surface area (Å²) in [5, 5.41) is 9.89. The molecule has 0 spiro atoms. The summed E-state index contributed by atoms with van der Waals surface area (Å²) in [6.45, 7) is 4.10. The summed E-state index contributed by atoms with van der Waals surface area (Å²) >= 11 is 1.61. The molecule has 2 aromatic carbocycles. The van der Waals surface area contributed by atoms with E-state index in [0.29, 0.717) is 11.3 Å². The largest absolute Gasteiger partial charge is 0.366 e. The second-order valence-corrected chi connectivity index (χ2v) is 8.30. The van der Waals surface area contributed by atoms with Crippen LogP contribution in [0, 0.1) is 6.92 Å². The van der Waals surface area contributed by atoms with Crippen molar-refractivity contribution in [3.05, 3.63) is 65.2 Å². The number of hydrogen-bond acceptors (Lipinski definition) is 5. The molecule has 2 N–H and O–H groups in total. The first kappa shape index (κ1) is 19.5. The van der Waals surface area contributed by atoms with Gasteiger partial charge in [0, 0.05) is 24.4 Å². The van der Waals surface area contributed by atoms with Crippen LogP contribution in [0.4, 0.5) is 5.95 Å². The van der Waals surface area contributed by atoms with E-state index in [4.69, 9.17) is 5.73 Å². The molecule has 29 heavy (non-hydrogen) atoms. The molecule has 0 aliphatic carbocycles. The van der Waals surface area contributed by atoms with Gasteiger partial charge in [-0.05, 0) is 56.0 Å². The van der Waals surface area contributed by atoms with Gasteiger partial charge in [-0.25, -0.2) is 0 Å². The van der Waals surface area contributed by atoms with E-state index in [0.717, 1.165) is 35.4 Å². The Morgan fingerprint density at radius 2 is 1.83 bits per heavy atom. The Balaban J connectivity index is 1.64. The third-order valence-electron chi connectivity index (χ3n) is 5.13. The minimum absolute atomic E-state index is 0.410. The van der Waals surface area contributed by atoms with Crippen LogP contribution in [0.15, 0.2) is 53.7 Å². The number of carbonyl (C=O) groups excluding carboxylic acids is 1. The van der Waals surface area contributed by atoms with Crippen molar-refractivity contribution < 1.29 is 4.79 Å². The third-order valence-corrected chi connectivity index (χ3v) is 6.13. The third kappa shape index (κ3) is 4.45. The van der Waals surface area contributed by atoms with Crippen LogP contribution in [0.25, 0.3) is 5.69 Å². The number of benzene rings is 2. The number of nitrogens with zero attached hydrogens (tertiary/aromatic N) is 4. The maximum atomic E-state index is 11.5. The van der Waals surface area contributed by atoms with Gasteiger partial charge in [-0.15, -0.1) is 10.2 Å². The van der Waals surface area contributed by atoms with E-state index in [2.05, 4.69) is 50.9 Å². The van der Waals surface area contributed by atoms with Crippen LogP contribution in [0.1, 0.15) is 40.7 Å². The van der Waals surface area contributed by atoms with Crippen molar-refractivity contribution >= 4 is 23.6 Å². The predicted molar refractivity (Wildman–Crippen MR) is 117 cm³/mol. The van der Waals surface area contributed by atoms with Crippen LogP contribution in [-0.4, -0.2) is 33.8 Å². The highest BCUT2D eigenvalue weighted by molar-refractivity contribution is 7.98. The van der Waals surface area contributed by atoms with Crippen LogP contribution in [-0.2, 0) is 5.75 Å². The molecule has 6 nitrogen and oxygen atoms in total. The van der Waals surface area contributed by atoms with Gasteiger partial charge in [0.05, 0.1) is 5.69 Å². The first-order chi connectivity index (χ1) is 14.1. The number of piperidine rings is 1. The van der Waals surface area contributed by atoms with Crippen LogP contribution in [0.3, 0.4) is 0 Å². The van der Waals surface area contributed by atoms with Crippen molar-refractivity contribution in [1.29, 1.82) is 0 Å². The zero-order chi connectivity index (χ0) is 20.2. The fourth-order valence-electron chi connectivity index (χ4n) is 3.54. The molecular weight excluding hydrogens is 382 g/mol. The van der Waals surface area contributed by atoms with Gasteiger partial charge in [0.15, 0.2) is 5.16 Å². The lowest BCUT2D eigenvalue weighted by molar-refractivity contribution is 0.1000. The lowest BCUT2D eigenvalue weighted by atomic mass is 10.1. The summed E-state index contributed by atoms with van der Waals surface area (Å²) in [7, 11) is 0. The molecule has 4 rings (SSSR count). The maximum Gasteiger partial charge on any atom is 0.248 e. The number of nitrogens with two attached hydrogens (primary N) is 1. The van der Waals surface area contributed by atoms with Crippen molar-refractivity contribution in [3.8, 4) is 5.69 Å². The maximum absolute atomic E-state index is 11.5. The molecule has 0 radical (unpaired) electrons. The first-order valence-electron chi connectivity index (χ1n) is 9.91. The van der Waals surface area contributed by atoms with Gasteiger partial charge in [-0.3, -0.25) is 9.36 Å². The Morgan fingerprint density at radius 1 is 1.07 bits per heavy atom. The minimum Gasteiger partial charge on any atom is -0.366 e. The molecule has 0 unspecified atom stereocenters. The number of carbonyl (C=O) groups is 1. The second kappa shape index (κ2) is 8.69. The molecule has 2 heterocycles. The van der Waals surface area contributed by atoms with Crippen molar-refractivity contribution in [2.24, 2.45) is 5.73 Å². The van der Waals surface area contributed by atoms with E-state index >= 15 is 0 Å². The average molecular weight is 408 g/mol. The zero-order valence-corrected chi connectivity index (χ0v) is 17.4. The Kier molecular flexibility index (Phi) is 5.85. The van der Waals surface area contributed by atoms with Crippen LogP contribution < -0.4 is 10.6 Å². The summed E-state index contributed by atoms with van der Waals surface area (Å²) in [6.07, 6.45) is 3.64. The molecule has 0 atom stereocenters. The zero-order valence-electron chi connectivity index (χ0n) is 16.5. The molecule has 1 aliphatic rings. The summed E-state index contributed by atoms with van der Waals surface area (Å²) in [4.78, 5) is 13.8. The van der Waals surface area contributed by atoms with Gasteiger partial charge < -0.3 is 10.6 Å². The van der Waals surface area contributed by atoms with Crippen molar-refractivity contribution in [2.45, 2.75) is 37.1 Å². The fourth-order valence-corrected chi connectivity index (χ4v) is 4.43. The molecule has 1 aliphatic heterocycles. The van der Waals surface area contributed by atoms with E-state index < -0.39 is 5.91 Å². The van der Waals surface area contributed by atoms with Gasteiger partial charge >= 0.3 is 0 Å². The number of amides is 1. The summed E-state index contributed by atoms with van der Waals surface area (Å²) < 4.78 is 2.15. The molecular formula is C22H25N5OS. The van der Waals surface area contributed by atoms with Gasteiger partial charge in [-0.1, -0.05) is 41.6 Å². The summed E-state index contributed by atoms with van der Waals surface area (Å²) in [6, 6.07) is 15.9. The number of hydrogen-bond donors (Lipinski definition) is 1. The number of aromatic nitrogens is 3. The Bertz CT molecular complexity index is 993. The van der Waals surface area contributed by atoms with Gasteiger partial charge in [0.2, 0.25) is 11.9 Å². The smallest absolute Gasteiger partial charge is 0.248 e. The van der Waals surface area contributed by atoms with Gasteiger partial charge in [-0.2, -0.15) is 0 Å². The number of thioether (sulfide) groups is 1. The molecule has 1 amide bonds.